The third kappa shape index (κ3) is 2.61. The van der Waals surface area contributed by atoms with E-state index in [4.69, 9.17) is 4.42 Å². The molecule has 0 aliphatic carbocycles. The molecular formula is C13H17N3O2. The topological polar surface area (TPSA) is 60.1 Å². The predicted molar refractivity (Wildman–Crippen MR) is 67.2 cm³/mol. The van der Waals surface area contributed by atoms with E-state index in [2.05, 4.69) is 10.4 Å². The molecule has 5 heteroatoms. The first kappa shape index (κ1) is 12.4. The Kier molecular flexibility index (Phi) is 3.50. The van der Waals surface area contributed by atoms with E-state index in [-0.39, 0.29) is 11.9 Å². The Morgan fingerprint density at radius 3 is 2.89 bits per heavy atom. The van der Waals surface area contributed by atoms with E-state index in [1.54, 1.807) is 18.4 Å². The lowest BCUT2D eigenvalue weighted by molar-refractivity contribution is 0.0942. The summed E-state index contributed by atoms with van der Waals surface area (Å²) in [5.74, 6) is 0.539. The number of aryl methyl sites for hydroxylation is 1. The van der Waals surface area contributed by atoms with Crippen LogP contribution in [0.3, 0.4) is 0 Å². The van der Waals surface area contributed by atoms with Crippen LogP contribution in [0, 0.1) is 6.92 Å². The molecule has 96 valence electrons. The molecule has 0 saturated heterocycles. The molecule has 0 aliphatic heterocycles. The lowest BCUT2D eigenvalue weighted by Gasteiger charge is -2.06. The van der Waals surface area contributed by atoms with Crippen molar-refractivity contribution in [2.45, 2.75) is 33.4 Å². The highest BCUT2D eigenvalue weighted by molar-refractivity contribution is 5.92. The highest BCUT2D eigenvalue weighted by Gasteiger charge is 2.13. The normalized spacial score (nSPS) is 10.9. The van der Waals surface area contributed by atoms with Crippen molar-refractivity contribution in [3.8, 4) is 0 Å². The number of carbonyl (C=O) groups excluding carboxylic acids is 1. The zero-order valence-electron chi connectivity index (χ0n) is 10.8. The molecule has 5 nitrogen and oxygen atoms in total. The quantitative estimate of drug-likeness (QED) is 0.901. The molecule has 0 atom stereocenters. The van der Waals surface area contributed by atoms with Crippen LogP contribution >= 0.6 is 0 Å². The number of carbonyl (C=O) groups is 1. The molecular weight excluding hydrogens is 230 g/mol. The Labute approximate surface area is 106 Å². The Hall–Kier alpha value is -2.04. The minimum absolute atomic E-state index is 0.186. The van der Waals surface area contributed by atoms with Crippen LogP contribution in [0.5, 0.6) is 0 Å². The van der Waals surface area contributed by atoms with Crippen molar-refractivity contribution in [3.63, 3.8) is 0 Å². The average molecular weight is 247 g/mol. The number of amides is 1. The second-order valence-corrected chi connectivity index (χ2v) is 4.47. The van der Waals surface area contributed by atoms with Gasteiger partial charge >= 0.3 is 0 Å². The summed E-state index contributed by atoms with van der Waals surface area (Å²) < 4.78 is 6.98. The van der Waals surface area contributed by atoms with Crippen LogP contribution < -0.4 is 5.32 Å². The fourth-order valence-electron chi connectivity index (χ4n) is 1.79. The second kappa shape index (κ2) is 5.08. The fourth-order valence-corrected chi connectivity index (χ4v) is 1.79. The molecule has 0 aliphatic rings. The van der Waals surface area contributed by atoms with Gasteiger partial charge in [0.2, 0.25) is 0 Å². The molecule has 2 aromatic heterocycles. The Bertz CT molecular complexity index is 526. The first-order valence-electron chi connectivity index (χ1n) is 5.94. The van der Waals surface area contributed by atoms with Crippen LogP contribution in [0.25, 0.3) is 0 Å². The summed E-state index contributed by atoms with van der Waals surface area (Å²) in [5, 5.41) is 7.06. The van der Waals surface area contributed by atoms with Gasteiger partial charge < -0.3 is 9.73 Å². The monoisotopic (exact) mass is 247 g/mol. The smallest absolute Gasteiger partial charge is 0.272 e. The summed E-state index contributed by atoms with van der Waals surface area (Å²) in [7, 11) is 0. The Morgan fingerprint density at radius 2 is 2.33 bits per heavy atom. The van der Waals surface area contributed by atoms with Crippen molar-refractivity contribution in [2.75, 3.05) is 0 Å². The van der Waals surface area contributed by atoms with Crippen molar-refractivity contribution in [2.24, 2.45) is 0 Å². The largest absolute Gasteiger partial charge is 0.467 e. The molecule has 18 heavy (non-hydrogen) atoms. The first-order chi connectivity index (χ1) is 8.58. The maximum atomic E-state index is 11.9. The molecule has 1 amide bonds. The molecule has 0 fully saturated rings. The van der Waals surface area contributed by atoms with Gasteiger partial charge in [-0.2, -0.15) is 5.10 Å². The highest BCUT2D eigenvalue weighted by atomic mass is 16.3. The number of nitrogens with zero attached hydrogens (tertiary/aromatic N) is 2. The summed E-state index contributed by atoms with van der Waals surface area (Å²) in [6.07, 6.45) is 1.58. The molecule has 2 rings (SSSR count). The van der Waals surface area contributed by atoms with Gasteiger partial charge in [0.1, 0.15) is 11.5 Å². The van der Waals surface area contributed by atoms with Gasteiger partial charge in [-0.1, -0.05) is 0 Å². The van der Waals surface area contributed by atoms with Crippen molar-refractivity contribution < 1.29 is 9.21 Å². The van der Waals surface area contributed by atoms with Crippen molar-refractivity contribution >= 4 is 5.91 Å². The zero-order valence-corrected chi connectivity index (χ0v) is 10.8. The van der Waals surface area contributed by atoms with E-state index in [0.717, 1.165) is 11.5 Å². The van der Waals surface area contributed by atoms with Crippen LogP contribution in [0.4, 0.5) is 0 Å². The van der Waals surface area contributed by atoms with Crippen LogP contribution in [0.1, 0.15) is 41.8 Å². The molecule has 0 bridgehead atoms. The van der Waals surface area contributed by atoms with Gasteiger partial charge in [-0.15, -0.1) is 0 Å². The average Bonchev–Trinajstić information content (AvgIpc) is 2.94. The zero-order chi connectivity index (χ0) is 13.1. The number of rotatable bonds is 4. The molecule has 2 aromatic rings. The van der Waals surface area contributed by atoms with Crippen molar-refractivity contribution in [1.29, 1.82) is 0 Å². The molecule has 0 aromatic carbocycles. The van der Waals surface area contributed by atoms with E-state index in [1.165, 1.54) is 0 Å². The number of hydrogen-bond donors (Lipinski definition) is 1. The lowest BCUT2D eigenvalue weighted by atomic mass is 10.3. The molecule has 2 heterocycles. The molecule has 0 unspecified atom stereocenters. The minimum atomic E-state index is -0.186. The van der Waals surface area contributed by atoms with Gasteiger partial charge in [0, 0.05) is 11.7 Å². The summed E-state index contributed by atoms with van der Waals surface area (Å²) >= 11 is 0. The Balaban J connectivity index is 2.03. The standard InChI is InChI=1S/C13H17N3O2/c1-9(2)16-10(3)7-12(15-16)13(17)14-8-11-5-4-6-18-11/h4-7,9H,8H2,1-3H3,(H,14,17). The maximum Gasteiger partial charge on any atom is 0.272 e. The van der Waals surface area contributed by atoms with Crippen LogP contribution in [0.2, 0.25) is 0 Å². The van der Waals surface area contributed by atoms with Crippen molar-refractivity contribution in [3.05, 3.63) is 41.6 Å². The summed E-state index contributed by atoms with van der Waals surface area (Å²) in [6.45, 7) is 6.38. The maximum absolute atomic E-state index is 11.9. The van der Waals surface area contributed by atoms with E-state index in [1.807, 2.05) is 31.5 Å². The van der Waals surface area contributed by atoms with E-state index >= 15 is 0 Å². The second-order valence-electron chi connectivity index (χ2n) is 4.47. The number of hydrogen-bond acceptors (Lipinski definition) is 3. The predicted octanol–water partition coefficient (Wildman–Crippen LogP) is 2.30. The molecule has 0 saturated carbocycles. The molecule has 0 radical (unpaired) electrons. The van der Waals surface area contributed by atoms with Crippen LogP contribution in [0.15, 0.2) is 28.9 Å². The first-order valence-corrected chi connectivity index (χ1v) is 5.94. The summed E-state index contributed by atoms with van der Waals surface area (Å²) in [4.78, 5) is 11.9. The van der Waals surface area contributed by atoms with Crippen LogP contribution in [-0.2, 0) is 6.54 Å². The van der Waals surface area contributed by atoms with Gasteiger partial charge in [0.15, 0.2) is 0 Å². The number of nitrogens with one attached hydrogen (secondary N) is 1. The SMILES string of the molecule is Cc1cc(C(=O)NCc2ccco2)nn1C(C)C. The lowest BCUT2D eigenvalue weighted by Crippen LogP contribution is -2.23. The Morgan fingerprint density at radius 1 is 1.56 bits per heavy atom. The minimum Gasteiger partial charge on any atom is -0.467 e. The van der Waals surface area contributed by atoms with Gasteiger partial charge in [-0.25, -0.2) is 0 Å². The van der Waals surface area contributed by atoms with E-state index < -0.39 is 0 Å². The van der Waals surface area contributed by atoms with Gasteiger partial charge in [-0.3, -0.25) is 9.48 Å². The fraction of sp³-hybridized carbons (Fsp3) is 0.385. The summed E-state index contributed by atoms with van der Waals surface area (Å²) in [6, 6.07) is 5.64. The van der Waals surface area contributed by atoms with Gasteiger partial charge in [-0.05, 0) is 39.0 Å². The molecule has 1 N–H and O–H groups in total. The number of furan rings is 1. The summed E-state index contributed by atoms with van der Waals surface area (Å²) in [5.41, 5.74) is 1.42. The number of aromatic nitrogens is 2. The highest BCUT2D eigenvalue weighted by Crippen LogP contribution is 2.10. The van der Waals surface area contributed by atoms with Gasteiger partial charge in [0.25, 0.3) is 5.91 Å². The third-order valence-electron chi connectivity index (χ3n) is 2.65. The van der Waals surface area contributed by atoms with E-state index in [0.29, 0.717) is 12.2 Å². The van der Waals surface area contributed by atoms with Gasteiger partial charge in [0.05, 0.1) is 12.8 Å². The van der Waals surface area contributed by atoms with Crippen molar-refractivity contribution in [1.82, 2.24) is 15.1 Å². The van der Waals surface area contributed by atoms with Crippen LogP contribution in [-0.4, -0.2) is 15.7 Å². The third-order valence-corrected chi connectivity index (χ3v) is 2.65. The molecule has 0 spiro atoms. The van der Waals surface area contributed by atoms with E-state index in [9.17, 15) is 4.79 Å².